The minimum atomic E-state index is -0.628. The molecule has 2 aliphatic rings. The zero-order valence-corrected chi connectivity index (χ0v) is 16.2. The zero-order chi connectivity index (χ0) is 18.5. The Labute approximate surface area is 163 Å². The molecule has 0 aliphatic carbocycles. The molecule has 0 radical (unpaired) electrons. The number of nitrogens with one attached hydrogen (secondary N) is 2. The molecule has 6 heteroatoms. The first-order valence-electron chi connectivity index (χ1n) is 8.63. The van der Waals surface area contributed by atoms with Crippen molar-refractivity contribution in [3.8, 4) is 11.5 Å². The summed E-state index contributed by atoms with van der Waals surface area (Å²) < 4.78 is 6.40. The van der Waals surface area contributed by atoms with E-state index in [1.807, 2.05) is 30.3 Å². The van der Waals surface area contributed by atoms with Gasteiger partial charge in [0.15, 0.2) is 10.8 Å². The fraction of sp³-hybridized carbons (Fsp3) is 0.350. The van der Waals surface area contributed by atoms with Crippen LogP contribution in [0, 0.1) is 0 Å². The predicted molar refractivity (Wildman–Crippen MR) is 107 cm³/mol. The molecule has 26 heavy (non-hydrogen) atoms. The van der Waals surface area contributed by atoms with Gasteiger partial charge in [0.1, 0.15) is 11.5 Å². The first kappa shape index (κ1) is 17.4. The summed E-state index contributed by atoms with van der Waals surface area (Å²) in [5.41, 5.74) is 1.39. The second kappa shape index (κ2) is 6.03. The van der Waals surface area contributed by atoms with Crippen LogP contribution in [0.15, 0.2) is 42.5 Å². The molecule has 2 aromatic carbocycles. The fourth-order valence-corrected chi connectivity index (χ4v) is 4.70. The summed E-state index contributed by atoms with van der Waals surface area (Å²) in [7, 11) is 0. The van der Waals surface area contributed by atoms with Crippen molar-refractivity contribution in [3.05, 3.63) is 58.6 Å². The Balaban J connectivity index is 1.81. The van der Waals surface area contributed by atoms with Crippen molar-refractivity contribution in [3.63, 3.8) is 0 Å². The maximum Gasteiger partial charge on any atom is 0.185 e. The molecule has 136 valence electrons. The van der Waals surface area contributed by atoms with E-state index in [-0.39, 0.29) is 17.2 Å². The van der Waals surface area contributed by atoms with Crippen molar-refractivity contribution >= 4 is 28.9 Å². The van der Waals surface area contributed by atoms with E-state index < -0.39 is 5.72 Å². The van der Waals surface area contributed by atoms with Crippen LogP contribution in [0.3, 0.4) is 0 Å². The number of benzene rings is 2. The molecular formula is C20H21ClN2O2S. The molecule has 4 rings (SSSR count). The molecule has 0 amide bonds. The van der Waals surface area contributed by atoms with Gasteiger partial charge in [0.05, 0.1) is 0 Å². The van der Waals surface area contributed by atoms with Gasteiger partial charge in [-0.1, -0.05) is 29.8 Å². The average molecular weight is 389 g/mol. The first-order chi connectivity index (χ1) is 12.3. The van der Waals surface area contributed by atoms with Gasteiger partial charge in [0.25, 0.3) is 0 Å². The third kappa shape index (κ3) is 3.21. The van der Waals surface area contributed by atoms with Crippen LogP contribution in [-0.2, 0) is 0 Å². The molecule has 2 aromatic rings. The molecule has 0 saturated carbocycles. The third-order valence-electron chi connectivity index (χ3n) is 5.00. The molecule has 4 nitrogen and oxygen atoms in total. The Hall–Kier alpha value is -1.98. The Kier molecular flexibility index (Phi) is 4.04. The summed E-state index contributed by atoms with van der Waals surface area (Å²) in [6.07, 6.45) is 1.47. The number of fused-ring (bicyclic) bond motifs is 1. The molecule has 3 N–H and O–H groups in total. The topological polar surface area (TPSA) is 53.5 Å². The van der Waals surface area contributed by atoms with E-state index in [1.165, 1.54) is 0 Å². The molecule has 2 unspecified atom stereocenters. The Morgan fingerprint density at radius 2 is 1.88 bits per heavy atom. The van der Waals surface area contributed by atoms with E-state index in [1.54, 1.807) is 12.1 Å². The number of phenols is 1. The van der Waals surface area contributed by atoms with Gasteiger partial charge in [-0.3, -0.25) is 0 Å². The summed E-state index contributed by atoms with van der Waals surface area (Å²) in [5, 5.41) is 17.9. The number of halogens is 1. The second-order valence-electron chi connectivity index (χ2n) is 7.77. The standard InChI is InChI=1S/C20H21ClN2O2S/c1-19(2)11-20(23-18(26)22-19)10-16(12-3-5-13(21)6-4-12)15-8-7-14(24)9-17(15)25-20/h3-9,16,24H,10-11H2,1-2H3,(H2,22,23,26). The summed E-state index contributed by atoms with van der Waals surface area (Å²) in [6, 6.07) is 13.2. The number of phenolic OH excluding ortho intramolecular Hbond substituents is 1. The second-order valence-corrected chi connectivity index (χ2v) is 8.61. The van der Waals surface area contributed by atoms with E-state index >= 15 is 0 Å². The van der Waals surface area contributed by atoms with Gasteiger partial charge < -0.3 is 20.5 Å². The maximum absolute atomic E-state index is 9.97. The molecule has 0 aromatic heterocycles. The molecule has 2 aliphatic heterocycles. The Morgan fingerprint density at radius 1 is 1.15 bits per heavy atom. The highest BCUT2D eigenvalue weighted by Gasteiger charge is 2.48. The molecular weight excluding hydrogens is 368 g/mol. The molecule has 1 spiro atoms. The summed E-state index contributed by atoms with van der Waals surface area (Å²) >= 11 is 11.5. The van der Waals surface area contributed by atoms with E-state index in [4.69, 9.17) is 28.6 Å². The number of aromatic hydroxyl groups is 1. The van der Waals surface area contributed by atoms with Gasteiger partial charge in [0, 0.05) is 41.0 Å². The number of ether oxygens (including phenoxy) is 1. The quantitative estimate of drug-likeness (QED) is 0.636. The number of hydrogen-bond donors (Lipinski definition) is 3. The lowest BCUT2D eigenvalue weighted by Crippen LogP contribution is -2.69. The lowest BCUT2D eigenvalue weighted by atomic mass is 9.77. The highest BCUT2D eigenvalue weighted by atomic mass is 35.5. The van der Waals surface area contributed by atoms with Crippen LogP contribution in [0.25, 0.3) is 0 Å². The number of hydrogen-bond acceptors (Lipinski definition) is 3. The lowest BCUT2D eigenvalue weighted by Gasteiger charge is -2.50. The first-order valence-corrected chi connectivity index (χ1v) is 9.42. The minimum absolute atomic E-state index is 0.112. The van der Waals surface area contributed by atoms with Crippen molar-refractivity contribution in [2.75, 3.05) is 0 Å². The van der Waals surface area contributed by atoms with Gasteiger partial charge in [-0.2, -0.15) is 0 Å². The monoisotopic (exact) mass is 388 g/mol. The van der Waals surface area contributed by atoms with Crippen LogP contribution in [0.4, 0.5) is 0 Å². The van der Waals surface area contributed by atoms with Crippen LogP contribution in [0.5, 0.6) is 11.5 Å². The average Bonchev–Trinajstić information content (AvgIpc) is 2.52. The van der Waals surface area contributed by atoms with Gasteiger partial charge in [-0.05, 0) is 49.8 Å². The van der Waals surface area contributed by atoms with Crippen LogP contribution >= 0.6 is 23.8 Å². The van der Waals surface area contributed by atoms with Crippen LogP contribution in [-0.4, -0.2) is 21.5 Å². The van der Waals surface area contributed by atoms with Crippen LogP contribution < -0.4 is 15.4 Å². The van der Waals surface area contributed by atoms with Crippen molar-refractivity contribution in [1.82, 2.24) is 10.6 Å². The van der Waals surface area contributed by atoms with Crippen molar-refractivity contribution in [2.45, 2.75) is 43.9 Å². The van der Waals surface area contributed by atoms with Crippen molar-refractivity contribution < 1.29 is 9.84 Å². The van der Waals surface area contributed by atoms with Gasteiger partial charge in [-0.25, -0.2) is 0 Å². The van der Waals surface area contributed by atoms with E-state index in [9.17, 15) is 5.11 Å². The largest absolute Gasteiger partial charge is 0.508 e. The fourth-order valence-electron chi connectivity index (χ4n) is 4.12. The van der Waals surface area contributed by atoms with E-state index in [0.717, 1.165) is 24.0 Å². The molecule has 1 fully saturated rings. The van der Waals surface area contributed by atoms with Gasteiger partial charge in [0.2, 0.25) is 0 Å². The highest BCUT2D eigenvalue weighted by Crippen LogP contribution is 2.47. The summed E-state index contributed by atoms with van der Waals surface area (Å²) in [6.45, 7) is 4.22. The van der Waals surface area contributed by atoms with E-state index in [2.05, 4.69) is 24.5 Å². The molecule has 2 heterocycles. The minimum Gasteiger partial charge on any atom is -0.508 e. The van der Waals surface area contributed by atoms with E-state index in [0.29, 0.717) is 15.9 Å². The SMILES string of the molecule is CC1(C)CC2(CC(c3ccc(Cl)cc3)c3ccc(O)cc3O2)NC(=S)N1. The lowest BCUT2D eigenvalue weighted by molar-refractivity contribution is -0.0128. The summed E-state index contributed by atoms with van der Waals surface area (Å²) in [4.78, 5) is 0. The van der Waals surface area contributed by atoms with Gasteiger partial charge in [-0.15, -0.1) is 0 Å². The normalized spacial score (nSPS) is 26.4. The Morgan fingerprint density at radius 3 is 2.58 bits per heavy atom. The van der Waals surface area contributed by atoms with Crippen molar-refractivity contribution in [1.29, 1.82) is 0 Å². The number of thiocarbonyl (C=S) groups is 1. The predicted octanol–water partition coefficient (Wildman–Crippen LogP) is 4.30. The summed E-state index contributed by atoms with van der Waals surface area (Å²) in [5.74, 6) is 0.983. The molecule has 2 atom stereocenters. The van der Waals surface area contributed by atoms with Crippen LogP contribution in [0.2, 0.25) is 5.02 Å². The molecule has 1 saturated heterocycles. The smallest absolute Gasteiger partial charge is 0.185 e. The third-order valence-corrected chi connectivity index (χ3v) is 5.46. The maximum atomic E-state index is 9.97. The molecule has 0 bridgehead atoms. The number of rotatable bonds is 1. The Bertz CT molecular complexity index is 869. The van der Waals surface area contributed by atoms with Gasteiger partial charge >= 0.3 is 0 Å². The zero-order valence-electron chi connectivity index (χ0n) is 14.7. The highest BCUT2D eigenvalue weighted by molar-refractivity contribution is 7.80. The van der Waals surface area contributed by atoms with Crippen LogP contribution in [0.1, 0.15) is 43.7 Å². The van der Waals surface area contributed by atoms with Crippen molar-refractivity contribution in [2.24, 2.45) is 0 Å².